The van der Waals surface area contributed by atoms with Gasteiger partial charge in [0.25, 0.3) is 0 Å². The van der Waals surface area contributed by atoms with Crippen molar-refractivity contribution in [3.8, 4) is 0 Å². The van der Waals surface area contributed by atoms with Gasteiger partial charge in [0.1, 0.15) is 0 Å². The van der Waals surface area contributed by atoms with E-state index in [2.05, 4.69) is 10.3 Å². The van der Waals surface area contributed by atoms with Gasteiger partial charge in [0.15, 0.2) is 0 Å². The van der Waals surface area contributed by atoms with Crippen molar-refractivity contribution in [1.82, 2.24) is 15.2 Å². The van der Waals surface area contributed by atoms with Crippen LogP contribution < -0.4 is 5.32 Å². The van der Waals surface area contributed by atoms with Crippen LogP contribution in [0.4, 0.5) is 0 Å². The van der Waals surface area contributed by atoms with Gasteiger partial charge in [0.05, 0.1) is 21.8 Å². The molecule has 22 heavy (non-hydrogen) atoms. The first-order valence-corrected chi connectivity index (χ1v) is 8.15. The second kappa shape index (κ2) is 7.35. The topological polar surface area (TPSA) is 62.3 Å². The zero-order valence-electron chi connectivity index (χ0n) is 13.1. The van der Waals surface area contributed by atoms with E-state index in [0.717, 1.165) is 15.2 Å². The molecule has 0 radical (unpaired) electrons. The number of fused-ring (bicyclic) bond motifs is 1. The molecule has 0 saturated carbocycles. The molecule has 1 aromatic heterocycles. The van der Waals surface area contributed by atoms with Crippen LogP contribution in [-0.4, -0.2) is 41.3 Å². The van der Waals surface area contributed by atoms with Crippen LogP contribution in [0.25, 0.3) is 10.2 Å². The number of para-hydroxylation sites is 1. The van der Waals surface area contributed by atoms with E-state index in [1.165, 1.54) is 4.90 Å². The first kappa shape index (κ1) is 16.4. The summed E-state index contributed by atoms with van der Waals surface area (Å²) < 4.78 is 1.13. The zero-order chi connectivity index (χ0) is 16.1. The lowest BCUT2D eigenvalue weighted by Gasteiger charge is -2.17. The van der Waals surface area contributed by atoms with E-state index in [4.69, 9.17) is 0 Å². The maximum Gasteiger partial charge on any atom is 0.239 e. The quantitative estimate of drug-likeness (QED) is 0.888. The van der Waals surface area contributed by atoms with Crippen LogP contribution in [0.5, 0.6) is 0 Å². The summed E-state index contributed by atoms with van der Waals surface area (Å²) in [6.07, 6.45) is 0.972. The van der Waals surface area contributed by atoms with Crippen molar-refractivity contribution < 1.29 is 9.59 Å². The molecular weight excluding hydrogens is 298 g/mol. The van der Waals surface area contributed by atoms with Gasteiger partial charge >= 0.3 is 0 Å². The summed E-state index contributed by atoms with van der Waals surface area (Å²) in [6.45, 7) is 3.89. The first-order valence-electron chi connectivity index (χ1n) is 7.33. The molecule has 0 atom stereocenters. The number of nitrogens with one attached hydrogen (secondary N) is 1. The molecule has 0 aliphatic heterocycles. The number of nitrogens with zero attached hydrogens (tertiary/aromatic N) is 2. The van der Waals surface area contributed by atoms with Gasteiger partial charge in [0.2, 0.25) is 11.8 Å². The number of hydrogen-bond acceptors (Lipinski definition) is 4. The van der Waals surface area contributed by atoms with Crippen LogP contribution in [0.3, 0.4) is 0 Å². The first-order chi connectivity index (χ1) is 10.5. The molecule has 1 heterocycles. The predicted octanol–water partition coefficient (Wildman–Crippen LogP) is 2.21. The zero-order valence-corrected chi connectivity index (χ0v) is 13.9. The Morgan fingerprint density at radius 2 is 2.05 bits per heavy atom. The Morgan fingerprint density at radius 1 is 1.32 bits per heavy atom. The van der Waals surface area contributed by atoms with Gasteiger partial charge in [0, 0.05) is 25.9 Å². The largest absolute Gasteiger partial charge is 0.352 e. The predicted molar refractivity (Wildman–Crippen MR) is 88.9 cm³/mol. The molecule has 118 valence electrons. The van der Waals surface area contributed by atoms with Crippen molar-refractivity contribution in [2.75, 3.05) is 13.6 Å². The van der Waals surface area contributed by atoms with Crippen LogP contribution in [-0.2, 0) is 16.0 Å². The molecule has 5 nitrogen and oxygen atoms in total. The van der Waals surface area contributed by atoms with E-state index in [9.17, 15) is 9.59 Å². The van der Waals surface area contributed by atoms with Gasteiger partial charge in [-0.15, -0.1) is 11.3 Å². The van der Waals surface area contributed by atoms with Crippen molar-refractivity contribution in [3.05, 3.63) is 29.3 Å². The Morgan fingerprint density at radius 3 is 2.73 bits per heavy atom. The Hall–Kier alpha value is -1.95. The summed E-state index contributed by atoms with van der Waals surface area (Å²) in [4.78, 5) is 29.7. The molecule has 0 unspecified atom stereocenters. The van der Waals surface area contributed by atoms with E-state index < -0.39 is 0 Å². The fourth-order valence-electron chi connectivity index (χ4n) is 2.10. The fraction of sp³-hybridized carbons (Fsp3) is 0.438. The number of carbonyl (C=O) groups excluding carboxylic acids is 2. The second-order valence-electron chi connectivity index (χ2n) is 5.55. The highest BCUT2D eigenvalue weighted by molar-refractivity contribution is 7.18. The van der Waals surface area contributed by atoms with Gasteiger partial charge < -0.3 is 10.2 Å². The van der Waals surface area contributed by atoms with Crippen LogP contribution in [0, 0.1) is 0 Å². The molecule has 0 aliphatic carbocycles. The molecule has 0 aliphatic rings. The fourth-order valence-corrected chi connectivity index (χ4v) is 3.07. The molecule has 2 rings (SSSR count). The van der Waals surface area contributed by atoms with Gasteiger partial charge in [-0.05, 0) is 26.0 Å². The van der Waals surface area contributed by atoms with Gasteiger partial charge in [-0.1, -0.05) is 12.1 Å². The Kier molecular flexibility index (Phi) is 5.49. The second-order valence-corrected chi connectivity index (χ2v) is 6.66. The van der Waals surface area contributed by atoms with Gasteiger partial charge in [-0.25, -0.2) is 4.98 Å². The number of likely N-dealkylation sites (N-methyl/N-ethyl adjacent to an activating group) is 1. The number of amides is 2. The molecule has 0 bridgehead atoms. The maximum absolute atomic E-state index is 12.1. The monoisotopic (exact) mass is 319 g/mol. The maximum atomic E-state index is 12.1. The smallest absolute Gasteiger partial charge is 0.239 e. The molecule has 2 amide bonds. The van der Waals surface area contributed by atoms with E-state index in [1.807, 2.05) is 38.1 Å². The molecule has 0 saturated heterocycles. The lowest BCUT2D eigenvalue weighted by molar-refractivity contribution is -0.134. The summed E-state index contributed by atoms with van der Waals surface area (Å²) >= 11 is 1.61. The summed E-state index contributed by atoms with van der Waals surface area (Å²) in [5.41, 5.74) is 0.972. The van der Waals surface area contributed by atoms with Crippen molar-refractivity contribution in [3.63, 3.8) is 0 Å². The SMILES string of the molecule is CC(C)NC(=O)CN(C)C(=O)CCc1nc2ccccc2s1. The van der Waals surface area contributed by atoms with Crippen LogP contribution in [0.15, 0.2) is 24.3 Å². The molecule has 6 heteroatoms. The highest BCUT2D eigenvalue weighted by atomic mass is 32.1. The van der Waals surface area contributed by atoms with Crippen molar-refractivity contribution in [2.45, 2.75) is 32.7 Å². The van der Waals surface area contributed by atoms with Crippen LogP contribution >= 0.6 is 11.3 Å². The van der Waals surface area contributed by atoms with E-state index >= 15 is 0 Å². The van der Waals surface area contributed by atoms with Gasteiger partial charge in [-0.3, -0.25) is 9.59 Å². The molecule has 0 fully saturated rings. The lowest BCUT2D eigenvalue weighted by atomic mass is 10.3. The van der Waals surface area contributed by atoms with Gasteiger partial charge in [-0.2, -0.15) is 0 Å². The van der Waals surface area contributed by atoms with Crippen molar-refractivity contribution in [1.29, 1.82) is 0 Å². The third-order valence-corrected chi connectivity index (χ3v) is 4.24. The minimum Gasteiger partial charge on any atom is -0.352 e. The summed E-state index contributed by atoms with van der Waals surface area (Å²) in [6, 6.07) is 8.02. The summed E-state index contributed by atoms with van der Waals surface area (Å²) in [5.74, 6) is -0.177. The number of aromatic nitrogens is 1. The highest BCUT2D eigenvalue weighted by Crippen LogP contribution is 2.22. The standard InChI is InChI=1S/C16H21N3O2S/c1-11(2)17-14(20)10-19(3)16(21)9-8-15-18-12-6-4-5-7-13(12)22-15/h4-7,11H,8-10H2,1-3H3,(H,17,20). The van der Waals surface area contributed by atoms with Crippen molar-refractivity contribution >= 4 is 33.4 Å². The number of rotatable bonds is 6. The number of thiazole rings is 1. The average molecular weight is 319 g/mol. The normalized spacial score (nSPS) is 10.9. The Balaban J connectivity index is 1.85. The number of aryl methyl sites for hydroxylation is 1. The highest BCUT2D eigenvalue weighted by Gasteiger charge is 2.14. The third kappa shape index (κ3) is 4.53. The number of carbonyl (C=O) groups is 2. The van der Waals surface area contributed by atoms with Crippen LogP contribution in [0.2, 0.25) is 0 Å². The van der Waals surface area contributed by atoms with E-state index in [0.29, 0.717) is 12.8 Å². The van der Waals surface area contributed by atoms with Crippen molar-refractivity contribution in [2.24, 2.45) is 0 Å². The minimum absolute atomic E-state index is 0.0434. The lowest BCUT2D eigenvalue weighted by Crippen LogP contribution is -2.40. The Bertz CT molecular complexity index is 633. The third-order valence-electron chi connectivity index (χ3n) is 3.15. The van der Waals surface area contributed by atoms with E-state index in [1.54, 1.807) is 18.4 Å². The molecule has 2 aromatic rings. The minimum atomic E-state index is -0.133. The Labute approximate surface area is 134 Å². The average Bonchev–Trinajstić information content (AvgIpc) is 2.86. The number of hydrogen-bond donors (Lipinski definition) is 1. The van der Waals surface area contributed by atoms with E-state index in [-0.39, 0.29) is 24.4 Å². The molecule has 1 N–H and O–H groups in total. The summed E-state index contributed by atoms with van der Waals surface area (Å²) in [5, 5.41) is 3.73. The van der Waals surface area contributed by atoms with Crippen LogP contribution in [0.1, 0.15) is 25.3 Å². The molecule has 0 spiro atoms. The molecule has 1 aromatic carbocycles. The summed E-state index contributed by atoms with van der Waals surface area (Å²) in [7, 11) is 1.65. The molecular formula is C16H21N3O2S. The number of benzene rings is 1.